The molecule has 0 spiro atoms. The lowest BCUT2D eigenvalue weighted by atomic mass is 10.0. The van der Waals surface area contributed by atoms with E-state index in [0.717, 1.165) is 0 Å². The molecule has 0 aliphatic heterocycles. The summed E-state index contributed by atoms with van der Waals surface area (Å²) in [6, 6.07) is 5.02. The second-order valence-electron chi connectivity index (χ2n) is 4.46. The van der Waals surface area contributed by atoms with Gasteiger partial charge in [-0.05, 0) is 18.1 Å². The standard InChI is InChI=1S/C14H16INO5/c1-8(7-15)11(14(20)21-2)16-12(17)9-5-3-4-6-10(9)13(18)19/h3-6,8,11H,7H2,1-2H3,(H,16,17)(H,18,19)/t8-,11-/m0/s1. The van der Waals surface area contributed by atoms with Crippen LogP contribution in [0.4, 0.5) is 0 Å². The van der Waals surface area contributed by atoms with Gasteiger partial charge < -0.3 is 15.2 Å². The number of hydrogen-bond acceptors (Lipinski definition) is 4. The number of esters is 1. The highest BCUT2D eigenvalue weighted by Gasteiger charge is 2.28. The fourth-order valence-electron chi connectivity index (χ4n) is 1.74. The lowest BCUT2D eigenvalue weighted by Crippen LogP contribution is -2.46. The van der Waals surface area contributed by atoms with Crippen molar-refractivity contribution in [2.24, 2.45) is 5.92 Å². The minimum atomic E-state index is -1.20. The van der Waals surface area contributed by atoms with E-state index in [9.17, 15) is 14.4 Å². The van der Waals surface area contributed by atoms with E-state index in [4.69, 9.17) is 5.11 Å². The van der Waals surface area contributed by atoms with Crippen molar-refractivity contribution in [1.29, 1.82) is 0 Å². The van der Waals surface area contributed by atoms with Gasteiger partial charge in [-0.2, -0.15) is 0 Å². The number of rotatable bonds is 6. The van der Waals surface area contributed by atoms with Crippen molar-refractivity contribution >= 4 is 40.4 Å². The Bertz CT molecular complexity index is 546. The maximum Gasteiger partial charge on any atom is 0.336 e. The molecule has 1 rings (SSSR count). The fourth-order valence-corrected chi connectivity index (χ4v) is 2.24. The van der Waals surface area contributed by atoms with Crippen molar-refractivity contribution in [2.45, 2.75) is 13.0 Å². The van der Waals surface area contributed by atoms with Crippen LogP contribution in [0, 0.1) is 5.92 Å². The normalized spacial score (nSPS) is 13.1. The molecule has 7 heteroatoms. The Morgan fingerprint density at radius 1 is 1.29 bits per heavy atom. The van der Waals surface area contributed by atoms with Crippen LogP contribution in [0.5, 0.6) is 0 Å². The van der Waals surface area contributed by atoms with Crippen LogP contribution in [0.1, 0.15) is 27.6 Å². The molecule has 1 aromatic rings. The molecule has 0 saturated heterocycles. The van der Waals surface area contributed by atoms with E-state index in [2.05, 4.69) is 32.6 Å². The number of ether oxygens (including phenoxy) is 1. The number of nitrogens with one attached hydrogen (secondary N) is 1. The molecular weight excluding hydrogens is 389 g/mol. The van der Waals surface area contributed by atoms with Gasteiger partial charge in [0.05, 0.1) is 18.2 Å². The van der Waals surface area contributed by atoms with E-state index in [-0.39, 0.29) is 17.0 Å². The summed E-state index contributed by atoms with van der Waals surface area (Å²) < 4.78 is 5.31. The van der Waals surface area contributed by atoms with Gasteiger partial charge in [0.25, 0.3) is 5.91 Å². The number of methoxy groups -OCH3 is 1. The monoisotopic (exact) mass is 405 g/mol. The first-order valence-corrected chi connectivity index (χ1v) is 7.71. The second kappa shape index (κ2) is 7.96. The van der Waals surface area contributed by atoms with Gasteiger partial charge in [-0.1, -0.05) is 41.6 Å². The van der Waals surface area contributed by atoms with Gasteiger partial charge in [0.15, 0.2) is 0 Å². The van der Waals surface area contributed by atoms with Gasteiger partial charge in [0, 0.05) is 4.43 Å². The molecule has 2 N–H and O–H groups in total. The maximum atomic E-state index is 12.2. The number of carboxylic acid groups (broad SMARTS) is 1. The summed E-state index contributed by atoms with van der Waals surface area (Å²) in [5.74, 6) is -2.50. The first kappa shape index (κ1) is 17.4. The predicted molar refractivity (Wildman–Crippen MR) is 84.7 cm³/mol. The number of amides is 1. The topological polar surface area (TPSA) is 92.7 Å². The molecule has 114 valence electrons. The molecule has 0 heterocycles. The lowest BCUT2D eigenvalue weighted by molar-refractivity contribution is -0.143. The van der Waals surface area contributed by atoms with Crippen molar-refractivity contribution < 1.29 is 24.2 Å². The largest absolute Gasteiger partial charge is 0.478 e. The Labute approximate surface area is 136 Å². The van der Waals surface area contributed by atoms with Crippen molar-refractivity contribution in [2.75, 3.05) is 11.5 Å². The van der Waals surface area contributed by atoms with Crippen LogP contribution < -0.4 is 5.32 Å². The average Bonchev–Trinajstić information content (AvgIpc) is 2.50. The Balaban J connectivity index is 3.03. The Morgan fingerprint density at radius 2 is 1.86 bits per heavy atom. The number of carbonyl (C=O) groups excluding carboxylic acids is 2. The van der Waals surface area contributed by atoms with Gasteiger partial charge in [0.2, 0.25) is 0 Å². The third-order valence-corrected chi connectivity index (χ3v) is 4.35. The molecule has 6 nitrogen and oxygen atoms in total. The second-order valence-corrected chi connectivity index (χ2v) is 5.34. The van der Waals surface area contributed by atoms with Crippen LogP contribution in [0.2, 0.25) is 0 Å². The number of alkyl halides is 1. The highest BCUT2D eigenvalue weighted by Crippen LogP contribution is 2.13. The summed E-state index contributed by atoms with van der Waals surface area (Å²) >= 11 is 2.10. The van der Waals surface area contributed by atoms with Crippen molar-refractivity contribution in [3.05, 3.63) is 35.4 Å². The van der Waals surface area contributed by atoms with E-state index in [1.807, 2.05) is 0 Å². The summed E-state index contributed by atoms with van der Waals surface area (Å²) in [5.41, 5.74) is -0.0969. The molecule has 0 aliphatic carbocycles. The zero-order valence-electron chi connectivity index (χ0n) is 11.6. The SMILES string of the molecule is COC(=O)[C@@H](NC(=O)c1ccccc1C(=O)O)[C@@H](C)CI. The fraction of sp³-hybridized carbons (Fsp3) is 0.357. The molecule has 0 saturated carbocycles. The van der Waals surface area contributed by atoms with Crippen LogP contribution in [0.25, 0.3) is 0 Å². The van der Waals surface area contributed by atoms with Crippen LogP contribution in [0.15, 0.2) is 24.3 Å². The molecule has 1 aromatic carbocycles. The number of carboxylic acids is 1. The zero-order chi connectivity index (χ0) is 16.0. The van der Waals surface area contributed by atoms with Gasteiger partial charge in [-0.15, -0.1) is 0 Å². The van der Waals surface area contributed by atoms with Crippen LogP contribution in [-0.4, -0.2) is 40.5 Å². The Morgan fingerprint density at radius 3 is 2.33 bits per heavy atom. The molecule has 21 heavy (non-hydrogen) atoms. The molecule has 0 aliphatic rings. The number of halogens is 1. The summed E-state index contributed by atoms with van der Waals surface area (Å²) in [7, 11) is 1.24. The van der Waals surface area contributed by atoms with E-state index < -0.39 is 23.9 Å². The summed E-state index contributed by atoms with van der Waals surface area (Å²) in [4.78, 5) is 35.1. The van der Waals surface area contributed by atoms with Gasteiger partial charge in [-0.25, -0.2) is 9.59 Å². The molecule has 0 unspecified atom stereocenters. The minimum Gasteiger partial charge on any atom is -0.478 e. The minimum absolute atomic E-state index is 0.0135. The van der Waals surface area contributed by atoms with E-state index >= 15 is 0 Å². The molecule has 0 bridgehead atoms. The molecule has 0 radical (unpaired) electrons. The van der Waals surface area contributed by atoms with Crippen LogP contribution in [0.3, 0.4) is 0 Å². The highest BCUT2D eigenvalue weighted by atomic mass is 127. The number of aromatic carboxylic acids is 1. The van der Waals surface area contributed by atoms with E-state index in [0.29, 0.717) is 4.43 Å². The summed E-state index contributed by atoms with van der Waals surface area (Å²) in [6.07, 6.45) is 0. The number of hydrogen-bond donors (Lipinski definition) is 2. The van der Waals surface area contributed by atoms with Crippen LogP contribution in [-0.2, 0) is 9.53 Å². The third kappa shape index (κ3) is 4.42. The summed E-state index contributed by atoms with van der Waals surface area (Å²) in [6.45, 7) is 1.80. The Kier molecular flexibility index (Phi) is 6.60. The number of benzene rings is 1. The van der Waals surface area contributed by atoms with Crippen molar-refractivity contribution in [3.63, 3.8) is 0 Å². The van der Waals surface area contributed by atoms with E-state index in [1.165, 1.54) is 25.3 Å². The van der Waals surface area contributed by atoms with Crippen LogP contribution >= 0.6 is 22.6 Å². The third-order valence-electron chi connectivity index (χ3n) is 2.96. The van der Waals surface area contributed by atoms with Gasteiger partial charge in [0.1, 0.15) is 6.04 Å². The van der Waals surface area contributed by atoms with Crippen molar-refractivity contribution in [3.8, 4) is 0 Å². The smallest absolute Gasteiger partial charge is 0.336 e. The van der Waals surface area contributed by atoms with Crippen molar-refractivity contribution in [1.82, 2.24) is 5.32 Å². The van der Waals surface area contributed by atoms with Gasteiger partial charge in [-0.3, -0.25) is 4.79 Å². The first-order valence-electron chi connectivity index (χ1n) is 6.19. The predicted octanol–water partition coefficient (Wildman–Crippen LogP) is 1.73. The number of carbonyl (C=O) groups is 3. The highest BCUT2D eigenvalue weighted by molar-refractivity contribution is 14.1. The molecule has 0 aromatic heterocycles. The average molecular weight is 405 g/mol. The van der Waals surface area contributed by atoms with E-state index in [1.54, 1.807) is 13.0 Å². The summed E-state index contributed by atoms with van der Waals surface area (Å²) in [5, 5.41) is 11.6. The molecule has 1 amide bonds. The molecule has 0 fully saturated rings. The van der Waals surface area contributed by atoms with Gasteiger partial charge >= 0.3 is 11.9 Å². The maximum absolute atomic E-state index is 12.2. The zero-order valence-corrected chi connectivity index (χ0v) is 13.8. The molecular formula is C14H16INO5. The first-order chi connectivity index (χ1) is 9.92. The lowest BCUT2D eigenvalue weighted by Gasteiger charge is -2.21. The molecule has 2 atom stereocenters. The Hall–Kier alpha value is -1.64. The quantitative estimate of drug-likeness (QED) is 0.427.